The van der Waals surface area contributed by atoms with Crippen LogP contribution in [-0.2, 0) is 0 Å². The van der Waals surface area contributed by atoms with E-state index in [0.29, 0.717) is 0 Å². The van der Waals surface area contributed by atoms with E-state index in [1.54, 1.807) is 6.08 Å². The van der Waals surface area contributed by atoms with Gasteiger partial charge in [-0.05, 0) is 17.7 Å². The number of allylic oxidation sites excluding steroid dienone is 1. The second-order valence-corrected chi connectivity index (χ2v) is 5.51. The maximum absolute atomic E-state index is 8.99. The molecule has 1 heterocycles. The Morgan fingerprint density at radius 1 is 0.952 bits per heavy atom. The van der Waals surface area contributed by atoms with Gasteiger partial charge in [0.25, 0.3) is 0 Å². The van der Waals surface area contributed by atoms with Crippen LogP contribution in [0.25, 0.3) is 15.8 Å². The highest BCUT2D eigenvalue weighted by atomic mass is 32.2. The number of thioether (sulfide) groups is 1. The van der Waals surface area contributed by atoms with Crippen LogP contribution in [0.15, 0.2) is 77.8 Å². The Morgan fingerprint density at radius 3 is 2.52 bits per heavy atom. The third-order valence-corrected chi connectivity index (χ3v) is 4.05. The maximum atomic E-state index is 8.99. The SMILES string of the molecule is N#CC=C(Sc1ccc2ccccc2n1)c1ccccc1. The van der Waals surface area contributed by atoms with Crippen LogP contribution in [0.5, 0.6) is 0 Å². The van der Waals surface area contributed by atoms with Crippen molar-refractivity contribution in [3.05, 3.63) is 78.4 Å². The first kappa shape index (κ1) is 13.4. The van der Waals surface area contributed by atoms with Gasteiger partial charge in [0, 0.05) is 16.4 Å². The summed E-state index contributed by atoms with van der Waals surface area (Å²) in [5.74, 6) is 0. The minimum absolute atomic E-state index is 0.888. The molecule has 0 spiro atoms. The van der Waals surface area contributed by atoms with Crippen molar-refractivity contribution in [3.63, 3.8) is 0 Å². The number of hydrogen-bond acceptors (Lipinski definition) is 3. The number of hydrogen-bond donors (Lipinski definition) is 0. The molecule has 0 N–H and O–H groups in total. The van der Waals surface area contributed by atoms with E-state index in [2.05, 4.69) is 17.1 Å². The molecule has 0 aliphatic heterocycles. The normalized spacial score (nSPS) is 11.3. The summed E-state index contributed by atoms with van der Waals surface area (Å²) in [5.41, 5.74) is 1.99. The van der Waals surface area contributed by atoms with Gasteiger partial charge in [0.1, 0.15) is 5.03 Å². The van der Waals surface area contributed by atoms with Gasteiger partial charge in [-0.3, -0.25) is 0 Å². The zero-order chi connectivity index (χ0) is 14.5. The highest BCUT2D eigenvalue weighted by molar-refractivity contribution is 8.08. The smallest absolute Gasteiger partial charge is 0.102 e. The Morgan fingerprint density at radius 2 is 1.71 bits per heavy atom. The van der Waals surface area contributed by atoms with E-state index in [0.717, 1.165) is 26.4 Å². The molecule has 0 bridgehead atoms. The van der Waals surface area contributed by atoms with E-state index in [4.69, 9.17) is 5.26 Å². The first-order valence-corrected chi connectivity index (χ1v) is 7.37. The first-order valence-electron chi connectivity index (χ1n) is 6.56. The topological polar surface area (TPSA) is 36.7 Å². The van der Waals surface area contributed by atoms with Crippen molar-refractivity contribution in [2.45, 2.75) is 5.03 Å². The monoisotopic (exact) mass is 288 g/mol. The van der Waals surface area contributed by atoms with Crippen LogP contribution in [0.3, 0.4) is 0 Å². The molecular formula is C18H12N2S. The van der Waals surface area contributed by atoms with Gasteiger partial charge in [-0.1, -0.05) is 66.4 Å². The second-order valence-electron chi connectivity index (χ2n) is 4.45. The molecule has 1 aromatic heterocycles. The van der Waals surface area contributed by atoms with E-state index in [9.17, 15) is 0 Å². The Bertz CT molecular complexity index is 832. The van der Waals surface area contributed by atoms with Gasteiger partial charge in [-0.25, -0.2) is 4.98 Å². The summed E-state index contributed by atoms with van der Waals surface area (Å²) in [5, 5.41) is 11.0. The van der Waals surface area contributed by atoms with Gasteiger partial charge < -0.3 is 0 Å². The number of nitriles is 1. The summed E-state index contributed by atoms with van der Waals surface area (Å²) >= 11 is 1.51. The Kier molecular flexibility index (Phi) is 3.99. The predicted octanol–water partition coefficient (Wildman–Crippen LogP) is 4.89. The van der Waals surface area contributed by atoms with E-state index in [-0.39, 0.29) is 0 Å². The molecule has 2 aromatic carbocycles. The van der Waals surface area contributed by atoms with E-state index < -0.39 is 0 Å². The van der Waals surface area contributed by atoms with Crippen molar-refractivity contribution in [2.24, 2.45) is 0 Å². The number of para-hydroxylation sites is 1. The Hall–Kier alpha value is -2.57. The standard InChI is InChI=1S/C18H12N2S/c19-13-12-17(15-7-2-1-3-8-15)21-18-11-10-14-6-4-5-9-16(14)20-18/h1-12H. The highest BCUT2D eigenvalue weighted by Gasteiger charge is 2.06. The van der Waals surface area contributed by atoms with Crippen molar-refractivity contribution >= 4 is 27.6 Å². The van der Waals surface area contributed by atoms with Gasteiger partial charge in [0.05, 0.1) is 11.6 Å². The molecule has 3 rings (SSSR count). The van der Waals surface area contributed by atoms with Crippen molar-refractivity contribution in [1.29, 1.82) is 5.26 Å². The van der Waals surface area contributed by atoms with Crippen LogP contribution >= 0.6 is 11.8 Å². The lowest BCUT2D eigenvalue weighted by molar-refractivity contribution is 1.20. The molecule has 0 amide bonds. The largest absolute Gasteiger partial charge is 0.241 e. The summed E-state index contributed by atoms with van der Waals surface area (Å²) < 4.78 is 0. The minimum atomic E-state index is 0.888. The number of aromatic nitrogens is 1. The molecule has 2 nitrogen and oxygen atoms in total. The van der Waals surface area contributed by atoms with E-state index in [1.807, 2.05) is 60.7 Å². The first-order chi connectivity index (χ1) is 10.4. The fourth-order valence-electron chi connectivity index (χ4n) is 2.05. The predicted molar refractivity (Wildman–Crippen MR) is 87.6 cm³/mol. The molecule has 0 aliphatic rings. The number of nitrogens with zero attached hydrogens (tertiary/aromatic N) is 2. The van der Waals surface area contributed by atoms with Gasteiger partial charge >= 0.3 is 0 Å². The third-order valence-electron chi connectivity index (χ3n) is 3.04. The quantitative estimate of drug-likeness (QED) is 0.508. The van der Waals surface area contributed by atoms with Crippen LogP contribution in [0, 0.1) is 11.3 Å². The van der Waals surface area contributed by atoms with Crippen LogP contribution < -0.4 is 0 Å². The van der Waals surface area contributed by atoms with Crippen LogP contribution in [0.1, 0.15) is 5.56 Å². The molecule has 0 unspecified atom stereocenters. The highest BCUT2D eigenvalue weighted by Crippen LogP contribution is 2.33. The summed E-state index contributed by atoms with van der Waals surface area (Å²) in [4.78, 5) is 5.54. The van der Waals surface area contributed by atoms with Crippen molar-refractivity contribution in [3.8, 4) is 6.07 Å². The van der Waals surface area contributed by atoms with Gasteiger partial charge in [0.15, 0.2) is 0 Å². The van der Waals surface area contributed by atoms with E-state index in [1.165, 1.54) is 11.8 Å². The lowest BCUT2D eigenvalue weighted by Gasteiger charge is -2.06. The minimum Gasteiger partial charge on any atom is -0.241 e. The molecule has 21 heavy (non-hydrogen) atoms. The van der Waals surface area contributed by atoms with Crippen LogP contribution in [-0.4, -0.2) is 4.98 Å². The Balaban J connectivity index is 1.95. The molecule has 100 valence electrons. The molecule has 0 radical (unpaired) electrons. The van der Waals surface area contributed by atoms with Gasteiger partial charge in [-0.15, -0.1) is 0 Å². The van der Waals surface area contributed by atoms with Gasteiger partial charge in [0.2, 0.25) is 0 Å². The molecule has 0 aliphatic carbocycles. The molecule has 3 aromatic rings. The third kappa shape index (κ3) is 3.13. The van der Waals surface area contributed by atoms with Gasteiger partial charge in [-0.2, -0.15) is 5.26 Å². The summed E-state index contributed by atoms with van der Waals surface area (Å²) in [6.07, 6.45) is 1.57. The van der Waals surface area contributed by atoms with Crippen molar-refractivity contribution in [1.82, 2.24) is 4.98 Å². The van der Waals surface area contributed by atoms with E-state index >= 15 is 0 Å². The zero-order valence-electron chi connectivity index (χ0n) is 11.2. The summed E-state index contributed by atoms with van der Waals surface area (Å²) in [6, 6.07) is 24.1. The molecule has 0 saturated carbocycles. The number of rotatable bonds is 3. The Labute approximate surface area is 127 Å². The lowest BCUT2D eigenvalue weighted by atomic mass is 10.2. The van der Waals surface area contributed by atoms with Crippen molar-refractivity contribution in [2.75, 3.05) is 0 Å². The average Bonchev–Trinajstić information content (AvgIpc) is 2.55. The van der Waals surface area contributed by atoms with Crippen LogP contribution in [0.4, 0.5) is 0 Å². The lowest BCUT2D eigenvalue weighted by Crippen LogP contribution is -1.84. The summed E-state index contributed by atoms with van der Waals surface area (Å²) in [6.45, 7) is 0. The number of fused-ring (bicyclic) bond motifs is 1. The fourth-order valence-corrected chi connectivity index (χ4v) is 2.92. The van der Waals surface area contributed by atoms with Crippen molar-refractivity contribution < 1.29 is 0 Å². The molecule has 0 atom stereocenters. The maximum Gasteiger partial charge on any atom is 0.102 e. The second kappa shape index (κ2) is 6.25. The average molecular weight is 288 g/mol. The molecular weight excluding hydrogens is 276 g/mol. The molecule has 0 saturated heterocycles. The summed E-state index contributed by atoms with van der Waals surface area (Å²) in [7, 11) is 0. The number of benzene rings is 2. The zero-order valence-corrected chi connectivity index (χ0v) is 12.0. The molecule has 3 heteroatoms. The molecule has 0 fully saturated rings. The van der Waals surface area contributed by atoms with Crippen LogP contribution in [0.2, 0.25) is 0 Å². The number of pyridine rings is 1. The fraction of sp³-hybridized carbons (Fsp3) is 0.